The predicted molar refractivity (Wildman–Crippen MR) is 63.6 cm³/mol. The zero-order valence-corrected chi connectivity index (χ0v) is 10.7. The Hall–Kier alpha value is -0.0400. The second-order valence-corrected chi connectivity index (χ2v) is 4.18. The highest BCUT2D eigenvalue weighted by molar-refractivity contribution is 4.75. The molecule has 1 aliphatic rings. The summed E-state index contributed by atoms with van der Waals surface area (Å²) in [4.78, 5) is 0. The molecule has 1 aliphatic carbocycles. The third-order valence-electron chi connectivity index (χ3n) is 2.81. The Bertz CT molecular complexity index is 120. The van der Waals surface area contributed by atoms with Crippen LogP contribution >= 0.6 is 0 Å². The van der Waals surface area contributed by atoms with Crippen LogP contribution in [0.3, 0.4) is 0 Å². The molecule has 0 amide bonds. The van der Waals surface area contributed by atoms with Gasteiger partial charge in [0.05, 0.1) is 12.2 Å². The Balaban J connectivity index is 0.000000791. The van der Waals surface area contributed by atoms with Crippen LogP contribution in [0.2, 0.25) is 0 Å². The van der Waals surface area contributed by atoms with E-state index in [1.54, 1.807) is 0 Å². The summed E-state index contributed by atoms with van der Waals surface area (Å²) in [7, 11) is 0. The van der Waals surface area contributed by atoms with E-state index in [2.05, 4.69) is 20.8 Å². The van der Waals surface area contributed by atoms with Crippen LogP contribution in [-0.2, 0) is 4.74 Å². The van der Waals surface area contributed by atoms with Crippen molar-refractivity contribution in [3.63, 3.8) is 0 Å². The van der Waals surface area contributed by atoms with E-state index in [1.165, 1.54) is 32.1 Å². The molecule has 1 fully saturated rings. The van der Waals surface area contributed by atoms with Crippen LogP contribution in [-0.4, -0.2) is 12.2 Å². The number of hydrogen-bond acceptors (Lipinski definition) is 1. The van der Waals surface area contributed by atoms with E-state index in [-0.39, 0.29) is 0 Å². The van der Waals surface area contributed by atoms with E-state index in [9.17, 15) is 0 Å². The minimum atomic E-state index is 0.405. The molecule has 0 aromatic rings. The van der Waals surface area contributed by atoms with Crippen molar-refractivity contribution < 1.29 is 4.74 Å². The average Bonchev–Trinajstić information content (AvgIpc) is 2.21. The standard InChI is InChI=1S/C11H22O.C2H6/c1-4-10-7-5-6-8-11(10)12-9(2)3;1-2/h9-11H,4-8H2,1-3H3;1-2H3/t10-,11-;/m0./s1. The van der Waals surface area contributed by atoms with Crippen LogP contribution in [0.15, 0.2) is 0 Å². The van der Waals surface area contributed by atoms with Gasteiger partial charge in [0.25, 0.3) is 0 Å². The average molecular weight is 200 g/mol. The maximum Gasteiger partial charge on any atom is 0.0606 e. The summed E-state index contributed by atoms with van der Waals surface area (Å²) in [5.74, 6) is 0.834. The molecular weight excluding hydrogens is 172 g/mol. The van der Waals surface area contributed by atoms with Crippen LogP contribution in [0.5, 0.6) is 0 Å². The van der Waals surface area contributed by atoms with Gasteiger partial charge >= 0.3 is 0 Å². The lowest BCUT2D eigenvalue weighted by molar-refractivity contribution is -0.0457. The van der Waals surface area contributed by atoms with Crippen molar-refractivity contribution in [1.29, 1.82) is 0 Å². The molecule has 1 nitrogen and oxygen atoms in total. The van der Waals surface area contributed by atoms with Crippen LogP contribution < -0.4 is 0 Å². The molecule has 1 saturated carbocycles. The summed E-state index contributed by atoms with van der Waals surface area (Å²) in [5.41, 5.74) is 0. The van der Waals surface area contributed by atoms with Gasteiger partial charge in [0.1, 0.15) is 0 Å². The van der Waals surface area contributed by atoms with Gasteiger partial charge in [0.15, 0.2) is 0 Å². The first-order valence-electron chi connectivity index (χ1n) is 6.39. The van der Waals surface area contributed by atoms with E-state index in [0.717, 1.165) is 5.92 Å². The smallest absolute Gasteiger partial charge is 0.0606 e. The molecule has 1 rings (SSSR count). The van der Waals surface area contributed by atoms with Crippen molar-refractivity contribution in [2.24, 2.45) is 5.92 Å². The normalized spacial score (nSPS) is 27.0. The minimum absolute atomic E-state index is 0.405. The second kappa shape index (κ2) is 8.28. The highest BCUT2D eigenvalue weighted by atomic mass is 16.5. The van der Waals surface area contributed by atoms with E-state index >= 15 is 0 Å². The van der Waals surface area contributed by atoms with Gasteiger partial charge in [-0.1, -0.05) is 40.0 Å². The molecular formula is C13H28O. The van der Waals surface area contributed by atoms with Gasteiger partial charge in [-0.3, -0.25) is 0 Å². The molecule has 0 bridgehead atoms. The summed E-state index contributed by atoms with van der Waals surface area (Å²) in [6.45, 7) is 10.6. The van der Waals surface area contributed by atoms with Crippen LogP contribution in [0.25, 0.3) is 0 Å². The van der Waals surface area contributed by atoms with Gasteiger partial charge in [-0.15, -0.1) is 0 Å². The fraction of sp³-hybridized carbons (Fsp3) is 1.00. The lowest BCUT2D eigenvalue weighted by Crippen LogP contribution is -2.29. The van der Waals surface area contributed by atoms with Crippen molar-refractivity contribution in [2.45, 2.75) is 78.9 Å². The summed E-state index contributed by atoms with van der Waals surface area (Å²) in [5, 5.41) is 0. The van der Waals surface area contributed by atoms with Gasteiger partial charge in [0, 0.05) is 0 Å². The fourth-order valence-electron chi connectivity index (χ4n) is 2.17. The second-order valence-electron chi connectivity index (χ2n) is 4.18. The minimum Gasteiger partial charge on any atom is -0.375 e. The Kier molecular flexibility index (Phi) is 8.26. The Labute approximate surface area is 90.2 Å². The number of rotatable bonds is 3. The topological polar surface area (TPSA) is 9.23 Å². The molecule has 0 aromatic heterocycles. The lowest BCUT2D eigenvalue weighted by Gasteiger charge is -2.32. The molecule has 0 saturated heterocycles. The van der Waals surface area contributed by atoms with E-state index in [0.29, 0.717) is 12.2 Å². The first kappa shape index (κ1) is 14.0. The maximum atomic E-state index is 5.89. The molecule has 0 radical (unpaired) electrons. The zero-order chi connectivity index (χ0) is 11.0. The Morgan fingerprint density at radius 2 is 1.71 bits per heavy atom. The molecule has 2 atom stereocenters. The van der Waals surface area contributed by atoms with E-state index in [1.807, 2.05) is 13.8 Å². The van der Waals surface area contributed by atoms with Gasteiger partial charge in [-0.05, 0) is 32.6 Å². The highest BCUT2D eigenvalue weighted by Gasteiger charge is 2.24. The van der Waals surface area contributed by atoms with Crippen molar-refractivity contribution in [1.82, 2.24) is 0 Å². The van der Waals surface area contributed by atoms with Crippen molar-refractivity contribution in [2.75, 3.05) is 0 Å². The third-order valence-corrected chi connectivity index (χ3v) is 2.81. The van der Waals surface area contributed by atoms with Gasteiger partial charge < -0.3 is 4.74 Å². The molecule has 1 heteroatoms. The van der Waals surface area contributed by atoms with Crippen LogP contribution in [0.4, 0.5) is 0 Å². The summed E-state index contributed by atoms with van der Waals surface area (Å²) < 4.78 is 5.89. The largest absolute Gasteiger partial charge is 0.375 e. The Morgan fingerprint density at radius 3 is 2.21 bits per heavy atom. The molecule has 0 aliphatic heterocycles. The molecule has 0 spiro atoms. The van der Waals surface area contributed by atoms with Gasteiger partial charge in [0.2, 0.25) is 0 Å². The predicted octanol–water partition coefficient (Wildman–Crippen LogP) is 4.41. The molecule has 0 aromatic carbocycles. The molecule has 0 N–H and O–H groups in total. The summed E-state index contributed by atoms with van der Waals surface area (Å²) >= 11 is 0. The van der Waals surface area contributed by atoms with Crippen molar-refractivity contribution >= 4 is 0 Å². The summed E-state index contributed by atoms with van der Waals surface area (Å²) in [6, 6.07) is 0. The Morgan fingerprint density at radius 1 is 1.14 bits per heavy atom. The summed E-state index contributed by atoms with van der Waals surface area (Å²) in [6.07, 6.45) is 7.71. The highest BCUT2D eigenvalue weighted by Crippen LogP contribution is 2.29. The molecule has 86 valence electrons. The van der Waals surface area contributed by atoms with Crippen LogP contribution in [0, 0.1) is 5.92 Å². The first-order valence-corrected chi connectivity index (χ1v) is 6.39. The lowest BCUT2D eigenvalue weighted by atomic mass is 9.84. The van der Waals surface area contributed by atoms with Crippen molar-refractivity contribution in [3.05, 3.63) is 0 Å². The van der Waals surface area contributed by atoms with Gasteiger partial charge in [-0.25, -0.2) is 0 Å². The van der Waals surface area contributed by atoms with Crippen molar-refractivity contribution in [3.8, 4) is 0 Å². The van der Waals surface area contributed by atoms with E-state index in [4.69, 9.17) is 4.74 Å². The maximum absolute atomic E-state index is 5.89. The molecule has 0 heterocycles. The fourth-order valence-corrected chi connectivity index (χ4v) is 2.17. The molecule has 14 heavy (non-hydrogen) atoms. The van der Waals surface area contributed by atoms with Crippen LogP contribution in [0.1, 0.15) is 66.7 Å². The number of ether oxygens (including phenoxy) is 1. The molecule has 0 unspecified atom stereocenters. The number of hydrogen-bond donors (Lipinski definition) is 0. The monoisotopic (exact) mass is 200 g/mol. The first-order chi connectivity index (χ1) is 6.74. The quantitative estimate of drug-likeness (QED) is 0.656. The zero-order valence-electron chi connectivity index (χ0n) is 10.7. The van der Waals surface area contributed by atoms with E-state index < -0.39 is 0 Å². The SMILES string of the molecule is CC.CC[C@H]1CCCC[C@@H]1OC(C)C. The van der Waals surface area contributed by atoms with Gasteiger partial charge in [-0.2, -0.15) is 0 Å². The third kappa shape index (κ3) is 4.99.